The molecule has 0 aromatic carbocycles. The zero-order valence-electron chi connectivity index (χ0n) is 11.0. The number of rotatable bonds is 2. The number of hydrogen-bond donors (Lipinski definition) is 1. The molecule has 6 nitrogen and oxygen atoms in total. The van der Waals surface area contributed by atoms with Crippen LogP contribution < -0.4 is 5.32 Å². The summed E-state index contributed by atoms with van der Waals surface area (Å²) in [5.41, 5.74) is 0.469. The monoisotopic (exact) mass is 283 g/mol. The quantitative estimate of drug-likeness (QED) is 0.849. The van der Waals surface area contributed by atoms with Crippen LogP contribution in [-0.4, -0.2) is 55.3 Å². The Labute approximate surface area is 112 Å². The molecule has 19 heavy (non-hydrogen) atoms. The van der Waals surface area contributed by atoms with Crippen molar-refractivity contribution in [2.24, 2.45) is 0 Å². The summed E-state index contributed by atoms with van der Waals surface area (Å²) < 4.78 is 23.1. The van der Waals surface area contributed by atoms with Crippen molar-refractivity contribution in [2.75, 3.05) is 30.4 Å². The number of carbonyl (C=O) groups excluding carboxylic acids is 1. The first-order chi connectivity index (χ1) is 8.94. The molecule has 2 rings (SSSR count). The first-order valence-corrected chi connectivity index (χ1v) is 7.91. The molecule has 1 aromatic rings. The molecule has 1 fully saturated rings. The van der Waals surface area contributed by atoms with Crippen molar-refractivity contribution in [1.82, 2.24) is 9.88 Å². The van der Waals surface area contributed by atoms with Gasteiger partial charge in [0.05, 0.1) is 17.1 Å². The van der Waals surface area contributed by atoms with Crippen LogP contribution in [0.3, 0.4) is 0 Å². The maximum atomic E-state index is 12.5. The van der Waals surface area contributed by atoms with Gasteiger partial charge in [-0.25, -0.2) is 13.4 Å². The minimum atomic E-state index is -3.02. The van der Waals surface area contributed by atoms with E-state index in [1.165, 1.54) is 0 Å². The van der Waals surface area contributed by atoms with Gasteiger partial charge in [0.2, 0.25) is 0 Å². The van der Waals surface area contributed by atoms with E-state index < -0.39 is 9.84 Å². The second-order valence-corrected chi connectivity index (χ2v) is 6.84. The van der Waals surface area contributed by atoms with Crippen LogP contribution >= 0.6 is 0 Å². The van der Waals surface area contributed by atoms with Gasteiger partial charge < -0.3 is 10.2 Å². The fraction of sp³-hybridized carbons (Fsp3) is 0.500. The lowest BCUT2D eigenvalue weighted by Gasteiger charge is -2.33. The van der Waals surface area contributed by atoms with Crippen molar-refractivity contribution in [3.8, 4) is 0 Å². The minimum absolute atomic E-state index is 0.0217. The van der Waals surface area contributed by atoms with Crippen LogP contribution in [0.2, 0.25) is 0 Å². The van der Waals surface area contributed by atoms with E-state index in [4.69, 9.17) is 0 Å². The van der Waals surface area contributed by atoms with Gasteiger partial charge in [-0.05, 0) is 19.1 Å². The van der Waals surface area contributed by atoms with E-state index in [9.17, 15) is 13.2 Å². The first kappa shape index (κ1) is 13.8. The predicted molar refractivity (Wildman–Crippen MR) is 72.9 cm³/mol. The lowest BCUT2D eigenvalue weighted by atomic mass is 10.2. The summed E-state index contributed by atoms with van der Waals surface area (Å²) in [6.07, 6.45) is 1.60. The number of pyridine rings is 1. The van der Waals surface area contributed by atoms with Gasteiger partial charge in [0.25, 0.3) is 5.91 Å². The van der Waals surface area contributed by atoms with Gasteiger partial charge >= 0.3 is 0 Å². The Morgan fingerprint density at radius 1 is 1.53 bits per heavy atom. The standard InChI is InChI=1S/C12H17N3O3S/c1-9-8-19(17,18)7-6-15(9)12(16)10-4-3-5-14-11(10)13-2/h3-5,9H,6-8H2,1-2H3,(H,13,14). The van der Waals surface area contributed by atoms with Crippen LogP contribution in [0.25, 0.3) is 0 Å². The third-order valence-electron chi connectivity index (χ3n) is 3.21. The molecule has 0 spiro atoms. The number of hydrogen-bond acceptors (Lipinski definition) is 5. The Bertz CT molecular complexity index is 586. The molecule has 1 N–H and O–H groups in total. The lowest BCUT2D eigenvalue weighted by Crippen LogP contribution is -2.49. The molecule has 1 aliphatic rings. The molecule has 1 unspecified atom stereocenters. The maximum Gasteiger partial charge on any atom is 0.257 e. The zero-order chi connectivity index (χ0) is 14.0. The number of nitrogens with zero attached hydrogens (tertiary/aromatic N) is 2. The minimum Gasteiger partial charge on any atom is -0.372 e. The molecule has 2 heterocycles. The maximum absolute atomic E-state index is 12.5. The van der Waals surface area contributed by atoms with E-state index in [0.29, 0.717) is 11.4 Å². The lowest BCUT2D eigenvalue weighted by molar-refractivity contribution is 0.0713. The number of nitrogens with one attached hydrogen (secondary N) is 1. The van der Waals surface area contributed by atoms with Crippen molar-refractivity contribution in [1.29, 1.82) is 0 Å². The normalized spacial score (nSPS) is 22.0. The smallest absolute Gasteiger partial charge is 0.257 e. The topological polar surface area (TPSA) is 79.4 Å². The van der Waals surface area contributed by atoms with Crippen LogP contribution in [-0.2, 0) is 9.84 Å². The molecule has 7 heteroatoms. The van der Waals surface area contributed by atoms with Crippen molar-refractivity contribution in [2.45, 2.75) is 13.0 Å². The van der Waals surface area contributed by atoms with Crippen molar-refractivity contribution in [3.05, 3.63) is 23.9 Å². The Morgan fingerprint density at radius 2 is 2.26 bits per heavy atom. The van der Waals surface area contributed by atoms with Gasteiger partial charge in [0.1, 0.15) is 5.82 Å². The average molecular weight is 283 g/mol. The molecule has 1 atom stereocenters. The average Bonchev–Trinajstić information content (AvgIpc) is 2.37. The molecule has 104 valence electrons. The van der Waals surface area contributed by atoms with Gasteiger partial charge in [-0.3, -0.25) is 4.79 Å². The second-order valence-electron chi connectivity index (χ2n) is 4.61. The van der Waals surface area contributed by atoms with Crippen molar-refractivity contribution < 1.29 is 13.2 Å². The first-order valence-electron chi connectivity index (χ1n) is 6.09. The number of sulfone groups is 1. The van der Waals surface area contributed by atoms with E-state index in [2.05, 4.69) is 10.3 Å². The van der Waals surface area contributed by atoms with Gasteiger partial charge in [-0.2, -0.15) is 0 Å². The molecule has 0 saturated carbocycles. The number of carbonyl (C=O) groups is 1. The fourth-order valence-corrected chi connectivity index (χ4v) is 3.79. The van der Waals surface area contributed by atoms with Crippen LogP contribution in [0.1, 0.15) is 17.3 Å². The highest BCUT2D eigenvalue weighted by molar-refractivity contribution is 7.91. The highest BCUT2D eigenvalue weighted by Gasteiger charge is 2.32. The van der Waals surface area contributed by atoms with Crippen molar-refractivity contribution in [3.63, 3.8) is 0 Å². The number of anilines is 1. The van der Waals surface area contributed by atoms with Crippen LogP contribution in [0.15, 0.2) is 18.3 Å². The largest absolute Gasteiger partial charge is 0.372 e. The molecule has 1 aromatic heterocycles. The molecule has 0 aliphatic carbocycles. The Balaban J connectivity index is 2.25. The third-order valence-corrected chi connectivity index (χ3v) is 5.00. The molecule has 1 aliphatic heterocycles. The number of aromatic nitrogens is 1. The number of amides is 1. The van der Waals surface area contributed by atoms with Crippen LogP contribution in [0.5, 0.6) is 0 Å². The van der Waals surface area contributed by atoms with Crippen LogP contribution in [0.4, 0.5) is 5.82 Å². The third kappa shape index (κ3) is 2.86. The molecule has 0 radical (unpaired) electrons. The van der Waals surface area contributed by atoms with E-state index >= 15 is 0 Å². The Hall–Kier alpha value is -1.63. The SMILES string of the molecule is CNc1ncccc1C(=O)N1CCS(=O)(=O)CC1C. The van der Waals surface area contributed by atoms with E-state index in [-0.39, 0.29) is 30.0 Å². The summed E-state index contributed by atoms with van der Waals surface area (Å²) in [5, 5.41) is 2.87. The molecule has 1 saturated heterocycles. The Morgan fingerprint density at radius 3 is 2.89 bits per heavy atom. The highest BCUT2D eigenvalue weighted by Crippen LogP contribution is 2.19. The molecule has 1 amide bonds. The van der Waals surface area contributed by atoms with Gasteiger partial charge in [-0.1, -0.05) is 0 Å². The van der Waals surface area contributed by atoms with Gasteiger partial charge in [0.15, 0.2) is 9.84 Å². The molecular formula is C12H17N3O3S. The van der Waals surface area contributed by atoms with E-state index in [1.807, 2.05) is 0 Å². The highest BCUT2D eigenvalue weighted by atomic mass is 32.2. The summed E-state index contributed by atoms with van der Waals surface area (Å²) in [5.74, 6) is 0.375. The molecule has 0 bridgehead atoms. The summed E-state index contributed by atoms with van der Waals surface area (Å²) in [6, 6.07) is 3.08. The Kier molecular flexibility index (Phi) is 3.75. The van der Waals surface area contributed by atoms with Gasteiger partial charge in [-0.15, -0.1) is 0 Å². The van der Waals surface area contributed by atoms with E-state index in [1.54, 1.807) is 37.2 Å². The zero-order valence-corrected chi connectivity index (χ0v) is 11.8. The summed E-state index contributed by atoms with van der Waals surface area (Å²) in [4.78, 5) is 18.1. The fourth-order valence-electron chi connectivity index (χ4n) is 2.23. The summed E-state index contributed by atoms with van der Waals surface area (Å²) >= 11 is 0. The molecular weight excluding hydrogens is 266 g/mol. The van der Waals surface area contributed by atoms with Crippen molar-refractivity contribution >= 4 is 21.6 Å². The predicted octanol–water partition coefficient (Wildman–Crippen LogP) is 0.382. The second kappa shape index (κ2) is 5.16. The van der Waals surface area contributed by atoms with E-state index in [0.717, 1.165) is 0 Å². The summed E-state index contributed by atoms with van der Waals surface area (Å²) in [6.45, 7) is 1.99. The summed E-state index contributed by atoms with van der Waals surface area (Å²) in [7, 11) is -1.32. The van der Waals surface area contributed by atoms with Crippen LogP contribution in [0, 0.1) is 0 Å². The van der Waals surface area contributed by atoms with Gasteiger partial charge in [0, 0.05) is 25.8 Å².